The second kappa shape index (κ2) is 6.01. The summed E-state index contributed by atoms with van der Waals surface area (Å²) in [4.78, 5) is 11.2. The maximum atomic E-state index is 11.2. The van der Waals surface area contributed by atoms with E-state index in [1.54, 1.807) is 0 Å². The van der Waals surface area contributed by atoms with E-state index in [1.807, 2.05) is 43.3 Å². The predicted molar refractivity (Wildman–Crippen MR) is 74.2 cm³/mol. The van der Waals surface area contributed by atoms with Gasteiger partial charge in [0.15, 0.2) is 0 Å². The van der Waals surface area contributed by atoms with E-state index in [9.17, 15) is 4.79 Å². The summed E-state index contributed by atoms with van der Waals surface area (Å²) in [6, 6.07) is 14.4. The average Bonchev–Trinajstić information content (AvgIpc) is 2.39. The molecule has 0 radical (unpaired) electrons. The summed E-state index contributed by atoms with van der Waals surface area (Å²) in [6.45, 7) is 2.24. The molecule has 0 atom stereocenters. The van der Waals surface area contributed by atoms with Gasteiger partial charge >= 0.3 is 5.97 Å². The summed E-state index contributed by atoms with van der Waals surface area (Å²) in [5.74, 6) is -0.186. The van der Waals surface area contributed by atoms with Gasteiger partial charge in [0.1, 0.15) is 0 Å². The fraction of sp³-hybridized carbons (Fsp3) is 0.188. The highest BCUT2D eigenvalue weighted by molar-refractivity contribution is 5.90. The normalized spacial score (nSPS) is 10.9. The Morgan fingerprint density at radius 3 is 2.78 bits per heavy atom. The molecule has 0 saturated carbocycles. The van der Waals surface area contributed by atoms with Gasteiger partial charge in [0, 0.05) is 0 Å². The third-order valence-electron chi connectivity index (χ3n) is 2.71. The average molecular weight is 240 g/mol. The molecular weight excluding hydrogens is 224 g/mol. The first-order valence-electron chi connectivity index (χ1n) is 6.11. The highest BCUT2D eigenvalue weighted by atomic mass is 16.5. The van der Waals surface area contributed by atoms with Crippen molar-refractivity contribution < 1.29 is 9.53 Å². The van der Waals surface area contributed by atoms with Crippen LogP contribution in [0.2, 0.25) is 0 Å². The van der Waals surface area contributed by atoms with Crippen LogP contribution in [0.4, 0.5) is 0 Å². The van der Waals surface area contributed by atoms with Crippen molar-refractivity contribution in [2.75, 3.05) is 6.61 Å². The van der Waals surface area contributed by atoms with Crippen LogP contribution in [0.1, 0.15) is 18.9 Å². The number of benzene rings is 2. The molecule has 2 aromatic rings. The highest BCUT2D eigenvalue weighted by Gasteiger charge is 1.98. The van der Waals surface area contributed by atoms with Crippen molar-refractivity contribution in [3.05, 3.63) is 54.1 Å². The van der Waals surface area contributed by atoms with E-state index < -0.39 is 0 Å². The van der Waals surface area contributed by atoms with Crippen LogP contribution in [-0.2, 0) is 9.53 Å². The van der Waals surface area contributed by atoms with Crippen LogP contribution >= 0.6 is 0 Å². The number of hydrogen-bond acceptors (Lipinski definition) is 2. The van der Waals surface area contributed by atoms with Gasteiger partial charge in [-0.3, -0.25) is 4.79 Å². The standard InChI is InChI=1S/C16H16O2/c1-2-18-16(17)12-6-10-14-9-5-8-13-7-3-4-11-15(13)14/h3-11H,2,12H2,1H3. The van der Waals surface area contributed by atoms with Crippen molar-refractivity contribution in [2.45, 2.75) is 13.3 Å². The molecule has 2 aromatic carbocycles. The van der Waals surface area contributed by atoms with Crippen LogP contribution in [-0.4, -0.2) is 12.6 Å². The van der Waals surface area contributed by atoms with E-state index in [0.29, 0.717) is 13.0 Å². The summed E-state index contributed by atoms with van der Waals surface area (Å²) >= 11 is 0. The van der Waals surface area contributed by atoms with Gasteiger partial charge in [-0.15, -0.1) is 0 Å². The summed E-state index contributed by atoms with van der Waals surface area (Å²) in [5.41, 5.74) is 1.12. The van der Waals surface area contributed by atoms with Crippen LogP contribution in [0, 0.1) is 0 Å². The van der Waals surface area contributed by atoms with Crippen molar-refractivity contribution in [2.24, 2.45) is 0 Å². The largest absolute Gasteiger partial charge is 0.466 e. The molecule has 0 aliphatic heterocycles. The van der Waals surface area contributed by atoms with Gasteiger partial charge in [0.05, 0.1) is 13.0 Å². The van der Waals surface area contributed by atoms with Gasteiger partial charge in [-0.05, 0) is 23.3 Å². The van der Waals surface area contributed by atoms with E-state index in [-0.39, 0.29) is 5.97 Å². The lowest BCUT2D eigenvalue weighted by molar-refractivity contribution is -0.142. The topological polar surface area (TPSA) is 26.3 Å². The second-order valence-corrected chi connectivity index (χ2v) is 3.98. The van der Waals surface area contributed by atoms with Crippen LogP contribution in [0.3, 0.4) is 0 Å². The quantitative estimate of drug-likeness (QED) is 0.760. The second-order valence-electron chi connectivity index (χ2n) is 3.98. The molecule has 2 heteroatoms. The molecule has 0 spiro atoms. The number of ether oxygens (including phenoxy) is 1. The highest BCUT2D eigenvalue weighted by Crippen LogP contribution is 2.19. The molecule has 0 aromatic heterocycles. The minimum absolute atomic E-state index is 0.186. The molecule has 0 aliphatic carbocycles. The van der Waals surface area contributed by atoms with E-state index >= 15 is 0 Å². The van der Waals surface area contributed by atoms with Gasteiger partial charge in [-0.1, -0.05) is 54.6 Å². The SMILES string of the molecule is CCOC(=O)CC=Cc1cccc2ccccc12. The van der Waals surface area contributed by atoms with E-state index in [4.69, 9.17) is 4.74 Å². The summed E-state index contributed by atoms with van der Waals surface area (Å²) in [6.07, 6.45) is 4.14. The van der Waals surface area contributed by atoms with Crippen molar-refractivity contribution in [3.8, 4) is 0 Å². The number of carbonyl (C=O) groups is 1. The summed E-state index contributed by atoms with van der Waals surface area (Å²) in [7, 11) is 0. The third-order valence-corrected chi connectivity index (χ3v) is 2.71. The molecule has 0 N–H and O–H groups in total. The molecule has 0 amide bonds. The molecule has 0 bridgehead atoms. The van der Waals surface area contributed by atoms with Crippen molar-refractivity contribution >= 4 is 22.8 Å². The Kier molecular flexibility index (Phi) is 4.13. The fourth-order valence-electron chi connectivity index (χ4n) is 1.90. The third kappa shape index (κ3) is 2.98. The first-order valence-corrected chi connectivity index (χ1v) is 6.11. The molecule has 0 heterocycles. The Morgan fingerprint density at radius 2 is 1.94 bits per heavy atom. The number of hydrogen-bond donors (Lipinski definition) is 0. The number of esters is 1. The zero-order valence-electron chi connectivity index (χ0n) is 10.4. The molecule has 0 unspecified atom stereocenters. The number of rotatable bonds is 4. The van der Waals surface area contributed by atoms with Crippen molar-refractivity contribution in [1.82, 2.24) is 0 Å². The van der Waals surface area contributed by atoms with Gasteiger partial charge in [-0.25, -0.2) is 0 Å². The minimum Gasteiger partial charge on any atom is -0.466 e. The molecule has 0 saturated heterocycles. The predicted octanol–water partition coefficient (Wildman–Crippen LogP) is 3.81. The zero-order chi connectivity index (χ0) is 12.8. The van der Waals surface area contributed by atoms with Crippen LogP contribution in [0.15, 0.2) is 48.5 Å². The Labute approximate surface area is 107 Å². The number of carbonyl (C=O) groups excluding carboxylic acids is 1. The van der Waals surface area contributed by atoms with Gasteiger partial charge in [-0.2, -0.15) is 0 Å². The maximum Gasteiger partial charge on any atom is 0.309 e. The van der Waals surface area contributed by atoms with E-state index in [2.05, 4.69) is 18.2 Å². The Morgan fingerprint density at radius 1 is 1.17 bits per heavy atom. The fourth-order valence-corrected chi connectivity index (χ4v) is 1.90. The Hall–Kier alpha value is -2.09. The molecule has 0 fully saturated rings. The molecule has 92 valence electrons. The zero-order valence-corrected chi connectivity index (χ0v) is 10.4. The monoisotopic (exact) mass is 240 g/mol. The van der Waals surface area contributed by atoms with Gasteiger partial charge < -0.3 is 4.74 Å². The Balaban J connectivity index is 2.16. The first kappa shape index (κ1) is 12.4. The summed E-state index contributed by atoms with van der Waals surface area (Å²) < 4.78 is 4.88. The van der Waals surface area contributed by atoms with Gasteiger partial charge in [0.2, 0.25) is 0 Å². The van der Waals surface area contributed by atoms with Crippen LogP contribution in [0.25, 0.3) is 16.8 Å². The van der Waals surface area contributed by atoms with Crippen molar-refractivity contribution in [3.63, 3.8) is 0 Å². The van der Waals surface area contributed by atoms with Crippen molar-refractivity contribution in [1.29, 1.82) is 0 Å². The molecule has 2 nitrogen and oxygen atoms in total. The Bertz CT molecular complexity index is 565. The molecule has 0 aliphatic rings. The maximum absolute atomic E-state index is 11.2. The molecular formula is C16H16O2. The van der Waals surface area contributed by atoms with Gasteiger partial charge in [0.25, 0.3) is 0 Å². The molecule has 18 heavy (non-hydrogen) atoms. The number of fused-ring (bicyclic) bond motifs is 1. The van der Waals surface area contributed by atoms with Crippen LogP contribution < -0.4 is 0 Å². The lowest BCUT2D eigenvalue weighted by Gasteiger charge is -2.01. The first-order chi connectivity index (χ1) is 8.81. The van der Waals surface area contributed by atoms with Crippen LogP contribution in [0.5, 0.6) is 0 Å². The minimum atomic E-state index is -0.186. The van der Waals surface area contributed by atoms with E-state index in [1.165, 1.54) is 10.8 Å². The van der Waals surface area contributed by atoms with E-state index in [0.717, 1.165) is 5.56 Å². The molecule has 2 rings (SSSR count). The lowest BCUT2D eigenvalue weighted by Crippen LogP contribution is -2.01. The lowest BCUT2D eigenvalue weighted by atomic mass is 10.0. The smallest absolute Gasteiger partial charge is 0.309 e. The summed E-state index contributed by atoms with van der Waals surface area (Å²) in [5, 5.41) is 2.40.